The molecule has 0 spiro atoms. The van der Waals surface area contributed by atoms with Crippen LogP contribution >= 0.6 is 11.6 Å². The highest BCUT2D eigenvalue weighted by molar-refractivity contribution is 6.31. The van der Waals surface area contributed by atoms with E-state index in [-0.39, 0.29) is 5.02 Å². The van der Waals surface area contributed by atoms with Crippen LogP contribution < -0.4 is 15.4 Å². The molecular weight excluding hydrogens is 359 g/mol. The molecule has 1 heterocycles. The number of carbonyl (C=O) groups excluding carboxylic acids is 1. The van der Waals surface area contributed by atoms with Gasteiger partial charge in [-0.25, -0.2) is 9.18 Å². The van der Waals surface area contributed by atoms with E-state index >= 15 is 0 Å². The molecule has 0 aliphatic rings. The summed E-state index contributed by atoms with van der Waals surface area (Å²) >= 11 is 5.69. The third-order valence-electron chi connectivity index (χ3n) is 3.47. The van der Waals surface area contributed by atoms with Gasteiger partial charge in [-0.05, 0) is 36.4 Å². The van der Waals surface area contributed by atoms with E-state index in [4.69, 9.17) is 16.3 Å². The fourth-order valence-corrected chi connectivity index (χ4v) is 2.36. The maximum atomic E-state index is 13.1. The van der Waals surface area contributed by atoms with Crippen LogP contribution in [-0.4, -0.2) is 23.3 Å². The van der Waals surface area contributed by atoms with Crippen LogP contribution in [0.25, 0.3) is 11.3 Å². The van der Waals surface area contributed by atoms with Gasteiger partial charge in [0, 0.05) is 23.0 Å². The Balaban J connectivity index is 1.64. The third-order valence-corrected chi connectivity index (χ3v) is 3.75. The number of hydrogen-bond acceptors (Lipinski definition) is 4. The fraction of sp³-hybridized carbons (Fsp3) is 0.0556. The highest BCUT2D eigenvalue weighted by Gasteiger charge is 2.06. The molecule has 6 nitrogen and oxygen atoms in total. The molecule has 0 fully saturated rings. The molecule has 0 unspecified atom stereocenters. The minimum absolute atomic E-state index is 0.0623. The normalized spacial score (nSPS) is 10.3. The Kier molecular flexibility index (Phi) is 5.28. The van der Waals surface area contributed by atoms with Gasteiger partial charge in [0.05, 0.1) is 17.8 Å². The number of nitrogens with one attached hydrogen (secondary N) is 2. The van der Waals surface area contributed by atoms with Crippen LogP contribution in [0.3, 0.4) is 0 Å². The first kappa shape index (κ1) is 17.6. The summed E-state index contributed by atoms with van der Waals surface area (Å²) in [6.07, 6.45) is 0. The van der Waals surface area contributed by atoms with Crippen LogP contribution in [0.4, 0.5) is 20.6 Å². The molecule has 0 atom stereocenters. The molecule has 26 heavy (non-hydrogen) atoms. The SMILES string of the molecule is COc1ccc(-c2ccc(NC(=O)Nc3ccc(F)c(Cl)c3)cc2)nn1. The number of methoxy groups -OCH3 is 1. The van der Waals surface area contributed by atoms with E-state index in [0.717, 1.165) is 5.56 Å². The second-order valence-corrected chi connectivity index (χ2v) is 5.65. The standard InChI is InChI=1S/C18H14ClFN4O2/c1-26-17-9-8-16(23-24-17)11-2-4-12(5-3-11)21-18(25)22-13-6-7-15(20)14(19)10-13/h2-10H,1H3,(H2,21,22,25). The molecule has 1 aromatic heterocycles. The van der Waals surface area contributed by atoms with Crippen LogP contribution in [0.1, 0.15) is 0 Å². The zero-order valence-electron chi connectivity index (χ0n) is 13.7. The maximum absolute atomic E-state index is 13.1. The van der Waals surface area contributed by atoms with Crippen molar-refractivity contribution in [3.05, 3.63) is 65.4 Å². The van der Waals surface area contributed by atoms with Crippen molar-refractivity contribution in [1.82, 2.24) is 10.2 Å². The van der Waals surface area contributed by atoms with Gasteiger partial charge < -0.3 is 15.4 Å². The van der Waals surface area contributed by atoms with Gasteiger partial charge in [-0.15, -0.1) is 10.2 Å². The summed E-state index contributed by atoms with van der Waals surface area (Å²) in [6.45, 7) is 0. The summed E-state index contributed by atoms with van der Waals surface area (Å²) in [5, 5.41) is 13.2. The zero-order chi connectivity index (χ0) is 18.5. The first-order valence-corrected chi connectivity index (χ1v) is 7.94. The summed E-state index contributed by atoms with van der Waals surface area (Å²) < 4.78 is 18.1. The molecule has 132 valence electrons. The van der Waals surface area contributed by atoms with Crippen molar-refractivity contribution in [3.8, 4) is 17.1 Å². The minimum Gasteiger partial charge on any atom is -0.480 e. The van der Waals surface area contributed by atoms with Crippen LogP contribution in [0.2, 0.25) is 5.02 Å². The highest BCUT2D eigenvalue weighted by Crippen LogP contribution is 2.21. The van der Waals surface area contributed by atoms with Crippen LogP contribution in [0.15, 0.2) is 54.6 Å². The predicted octanol–water partition coefficient (Wildman–Crippen LogP) is 4.59. The van der Waals surface area contributed by atoms with Crippen LogP contribution in [0, 0.1) is 5.82 Å². The highest BCUT2D eigenvalue weighted by atomic mass is 35.5. The summed E-state index contributed by atoms with van der Waals surface area (Å²) in [5.74, 6) is -0.112. The van der Waals surface area contributed by atoms with E-state index in [2.05, 4.69) is 20.8 Å². The topological polar surface area (TPSA) is 76.1 Å². The Morgan fingerprint density at radius 1 is 1.00 bits per heavy atom. The zero-order valence-corrected chi connectivity index (χ0v) is 14.4. The van der Waals surface area contributed by atoms with Crippen molar-refractivity contribution in [2.75, 3.05) is 17.7 Å². The van der Waals surface area contributed by atoms with Gasteiger partial charge in [-0.3, -0.25) is 0 Å². The average molecular weight is 373 g/mol. The monoisotopic (exact) mass is 372 g/mol. The lowest BCUT2D eigenvalue weighted by molar-refractivity contribution is 0.262. The van der Waals surface area contributed by atoms with Crippen molar-refractivity contribution >= 4 is 29.0 Å². The van der Waals surface area contributed by atoms with Gasteiger partial charge in [0.2, 0.25) is 5.88 Å². The van der Waals surface area contributed by atoms with Gasteiger partial charge >= 0.3 is 6.03 Å². The number of amides is 2. The number of hydrogen-bond donors (Lipinski definition) is 2. The largest absolute Gasteiger partial charge is 0.480 e. The molecule has 0 saturated carbocycles. The number of ether oxygens (including phenoxy) is 1. The van der Waals surface area contributed by atoms with Crippen molar-refractivity contribution < 1.29 is 13.9 Å². The van der Waals surface area contributed by atoms with Crippen LogP contribution in [0.5, 0.6) is 5.88 Å². The number of anilines is 2. The van der Waals surface area contributed by atoms with E-state index in [9.17, 15) is 9.18 Å². The van der Waals surface area contributed by atoms with Gasteiger partial charge in [-0.1, -0.05) is 23.7 Å². The third kappa shape index (κ3) is 4.25. The molecule has 0 bridgehead atoms. The Morgan fingerprint density at radius 2 is 1.69 bits per heavy atom. The molecule has 0 aliphatic heterocycles. The molecule has 2 N–H and O–H groups in total. The van der Waals surface area contributed by atoms with Gasteiger partial charge in [-0.2, -0.15) is 0 Å². The number of carbonyl (C=O) groups is 1. The fourth-order valence-electron chi connectivity index (χ4n) is 2.17. The van der Waals surface area contributed by atoms with Crippen LogP contribution in [-0.2, 0) is 0 Å². The molecule has 3 aromatic rings. The molecule has 0 radical (unpaired) electrons. The number of halogens is 2. The van der Waals surface area contributed by atoms with E-state index in [1.54, 1.807) is 36.4 Å². The Hall–Kier alpha value is -3.19. The maximum Gasteiger partial charge on any atom is 0.323 e. The van der Waals surface area contributed by atoms with Gasteiger partial charge in [0.25, 0.3) is 0 Å². The lowest BCUT2D eigenvalue weighted by Gasteiger charge is -2.09. The predicted molar refractivity (Wildman–Crippen MR) is 98.1 cm³/mol. The Bertz CT molecular complexity index is 917. The molecule has 0 aliphatic carbocycles. The first-order valence-electron chi connectivity index (χ1n) is 7.56. The van der Waals surface area contributed by atoms with Crippen molar-refractivity contribution in [2.45, 2.75) is 0 Å². The molecule has 2 amide bonds. The summed E-state index contributed by atoms with van der Waals surface area (Å²) in [6, 6.07) is 14.1. The van der Waals surface area contributed by atoms with Crippen molar-refractivity contribution in [1.29, 1.82) is 0 Å². The first-order chi connectivity index (χ1) is 12.5. The summed E-state index contributed by atoms with van der Waals surface area (Å²) in [7, 11) is 1.52. The minimum atomic E-state index is -0.546. The second kappa shape index (κ2) is 7.79. The van der Waals surface area contributed by atoms with E-state index in [0.29, 0.717) is 22.9 Å². The Labute approximate surface area is 154 Å². The van der Waals surface area contributed by atoms with Gasteiger partial charge in [0.1, 0.15) is 5.82 Å². The summed E-state index contributed by atoms with van der Waals surface area (Å²) in [4.78, 5) is 12.0. The number of rotatable bonds is 4. The van der Waals surface area contributed by atoms with E-state index in [1.807, 2.05) is 0 Å². The molecule has 8 heteroatoms. The molecule has 3 rings (SSSR count). The average Bonchev–Trinajstić information content (AvgIpc) is 2.65. The van der Waals surface area contributed by atoms with Crippen molar-refractivity contribution in [2.24, 2.45) is 0 Å². The molecule has 0 saturated heterocycles. The number of urea groups is 1. The van der Waals surface area contributed by atoms with E-state index < -0.39 is 11.8 Å². The smallest absolute Gasteiger partial charge is 0.323 e. The second-order valence-electron chi connectivity index (χ2n) is 5.25. The summed E-state index contributed by atoms with van der Waals surface area (Å²) in [5.41, 5.74) is 2.50. The molecular formula is C18H14ClFN4O2. The van der Waals surface area contributed by atoms with E-state index in [1.165, 1.54) is 25.3 Å². The number of nitrogens with zero attached hydrogens (tertiary/aromatic N) is 2. The lowest BCUT2D eigenvalue weighted by Crippen LogP contribution is -2.19. The number of aromatic nitrogens is 2. The number of benzene rings is 2. The molecule has 2 aromatic carbocycles. The lowest BCUT2D eigenvalue weighted by atomic mass is 10.1. The Morgan fingerprint density at radius 3 is 2.31 bits per heavy atom. The van der Waals surface area contributed by atoms with Crippen molar-refractivity contribution in [3.63, 3.8) is 0 Å². The van der Waals surface area contributed by atoms with Gasteiger partial charge in [0.15, 0.2) is 0 Å². The quantitative estimate of drug-likeness (QED) is 0.702.